The Balaban J connectivity index is 1.74. The normalized spacial score (nSPS) is 19.9. The minimum atomic E-state index is -0.134. The number of nitrogens with one attached hydrogen (secondary N) is 1. The Bertz CT molecular complexity index is 487. The maximum Gasteiger partial charge on any atom is 0.226 e. The van der Waals surface area contributed by atoms with Gasteiger partial charge < -0.3 is 10.2 Å². The maximum absolute atomic E-state index is 12.1. The third-order valence-electron chi connectivity index (χ3n) is 3.98. The van der Waals surface area contributed by atoms with E-state index < -0.39 is 0 Å². The molecule has 0 heterocycles. The largest absolute Gasteiger partial charge is 0.352 e. The van der Waals surface area contributed by atoms with Gasteiger partial charge in [0, 0.05) is 20.1 Å². The molecule has 21 heavy (non-hydrogen) atoms. The number of hydrogen-bond acceptors (Lipinski definition) is 2. The van der Waals surface area contributed by atoms with E-state index in [0.29, 0.717) is 13.0 Å². The summed E-state index contributed by atoms with van der Waals surface area (Å²) in [6, 6.07) is 9.82. The molecule has 2 amide bonds. The SMILES string of the molecule is CCCCN(C)C(=O)C1CC1C(=O)NCc1ccccc1. The highest BCUT2D eigenvalue weighted by Gasteiger charge is 2.48. The van der Waals surface area contributed by atoms with E-state index in [1.807, 2.05) is 37.4 Å². The molecule has 0 aromatic heterocycles. The van der Waals surface area contributed by atoms with Crippen LogP contribution in [0.4, 0.5) is 0 Å². The number of carbonyl (C=O) groups excluding carboxylic acids is 2. The fraction of sp³-hybridized carbons (Fsp3) is 0.529. The van der Waals surface area contributed by atoms with Crippen molar-refractivity contribution in [3.63, 3.8) is 0 Å². The molecule has 2 rings (SSSR count). The summed E-state index contributed by atoms with van der Waals surface area (Å²) >= 11 is 0. The first-order chi connectivity index (χ1) is 10.1. The lowest BCUT2D eigenvalue weighted by Crippen LogP contribution is -2.32. The van der Waals surface area contributed by atoms with E-state index in [1.54, 1.807) is 4.90 Å². The Morgan fingerprint density at radius 1 is 1.24 bits per heavy atom. The molecule has 114 valence electrons. The lowest BCUT2D eigenvalue weighted by molar-refractivity contribution is -0.133. The first kappa shape index (κ1) is 15.5. The smallest absolute Gasteiger partial charge is 0.226 e. The van der Waals surface area contributed by atoms with Gasteiger partial charge in [0.1, 0.15) is 0 Å². The predicted molar refractivity (Wildman–Crippen MR) is 82.4 cm³/mol. The topological polar surface area (TPSA) is 49.4 Å². The minimum Gasteiger partial charge on any atom is -0.352 e. The second kappa shape index (κ2) is 7.25. The number of carbonyl (C=O) groups is 2. The van der Waals surface area contributed by atoms with Gasteiger partial charge in [-0.3, -0.25) is 9.59 Å². The number of amides is 2. The standard InChI is InChI=1S/C17H24N2O2/c1-3-4-10-19(2)17(21)15-11-14(15)16(20)18-12-13-8-6-5-7-9-13/h5-9,14-15H,3-4,10-12H2,1-2H3,(H,18,20). The van der Waals surface area contributed by atoms with Crippen LogP contribution in [0.5, 0.6) is 0 Å². The molecule has 0 spiro atoms. The Kier molecular flexibility index (Phi) is 5.37. The van der Waals surface area contributed by atoms with E-state index in [2.05, 4.69) is 12.2 Å². The van der Waals surface area contributed by atoms with Gasteiger partial charge in [-0.2, -0.15) is 0 Å². The molecule has 4 nitrogen and oxygen atoms in total. The Hall–Kier alpha value is -1.84. The molecule has 4 heteroatoms. The van der Waals surface area contributed by atoms with Crippen molar-refractivity contribution in [2.24, 2.45) is 11.8 Å². The fourth-order valence-corrected chi connectivity index (χ4v) is 2.46. The van der Waals surface area contributed by atoms with Crippen molar-refractivity contribution in [3.05, 3.63) is 35.9 Å². The minimum absolute atomic E-state index is 0.00101. The van der Waals surface area contributed by atoms with Crippen molar-refractivity contribution >= 4 is 11.8 Å². The van der Waals surface area contributed by atoms with Crippen LogP contribution in [-0.4, -0.2) is 30.3 Å². The Morgan fingerprint density at radius 2 is 1.95 bits per heavy atom. The molecular weight excluding hydrogens is 264 g/mol. The molecule has 1 aromatic carbocycles. The quantitative estimate of drug-likeness (QED) is 0.836. The van der Waals surface area contributed by atoms with Crippen molar-refractivity contribution in [1.82, 2.24) is 10.2 Å². The molecule has 1 aliphatic rings. The average Bonchev–Trinajstić information content (AvgIpc) is 3.31. The van der Waals surface area contributed by atoms with Crippen LogP contribution in [0.25, 0.3) is 0 Å². The van der Waals surface area contributed by atoms with Crippen LogP contribution in [-0.2, 0) is 16.1 Å². The van der Waals surface area contributed by atoms with E-state index in [1.165, 1.54) is 0 Å². The van der Waals surface area contributed by atoms with Gasteiger partial charge in [0.15, 0.2) is 0 Å². The second-order valence-corrected chi connectivity index (χ2v) is 5.77. The highest BCUT2D eigenvalue weighted by atomic mass is 16.2. The maximum atomic E-state index is 12.1. The van der Waals surface area contributed by atoms with Crippen molar-refractivity contribution in [2.75, 3.05) is 13.6 Å². The van der Waals surface area contributed by atoms with Crippen LogP contribution < -0.4 is 5.32 Å². The zero-order valence-corrected chi connectivity index (χ0v) is 12.8. The van der Waals surface area contributed by atoms with E-state index in [0.717, 1.165) is 24.9 Å². The van der Waals surface area contributed by atoms with E-state index in [-0.39, 0.29) is 23.7 Å². The van der Waals surface area contributed by atoms with Gasteiger partial charge in [-0.1, -0.05) is 43.7 Å². The average molecular weight is 288 g/mol. The highest BCUT2D eigenvalue weighted by Crippen LogP contribution is 2.40. The number of benzene rings is 1. The van der Waals surface area contributed by atoms with Gasteiger partial charge in [0.2, 0.25) is 11.8 Å². The zero-order chi connectivity index (χ0) is 15.2. The summed E-state index contributed by atoms with van der Waals surface area (Å²) in [6.07, 6.45) is 2.78. The number of unbranched alkanes of at least 4 members (excludes halogenated alkanes) is 1. The van der Waals surface area contributed by atoms with Crippen LogP contribution in [0.15, 0.2) is 30.3 Å². The van der Waals surface area contributed by atoms with E-state index >= 15 is 0 Å². The summed E-state index contributed by atoms with van der Waals surface area (Å²) in [4.78, 5) is 26.0. The van der Waals surface area contributed by atoms with E-state index in [9.17, 15) is 9.59 Å². The van der Waals surface area contributed by atoms with Gasteiger partial charge in [0.25, 0.3) is 0 Å². The number of hydrogen-bond donors (Lipinski definition) is 1. The zero-order valence-electron chi connectivity index (χ0n) is 12.8. The fourth-order valence-electron chi connectivity index (χ4n) is 2.46. The summed E-state index contributed by atoms with van der Waals surface area (Å²) in [5.74, 6) is -0.127. The first-order valence-electron chi connectivity index (χ1n) is 7.70. The van der Waals surface area contributed by atoms with Crippen LogP contribution in [0.3, 0.4) is 0 Å². The van der Waals surface area contributed by atoms with Crippen molar-refractivity contribution in [3.8, 4) is 0 Å². The lowest BCUT2D eigenvalue weighted by atomic mass is 10.2. The molecule has 0 aliphatic heterocycles. The molecule has 1 aromatic rings. The summed E-state index contributed by atoms with van der Waals surface area (Å²) < 4.78 is 0. The van der Waals surface area contributed by atoms with Crippen molar-refractivity contribution in [1.29, 1.82) is 0 Å². The number of nitrogens with zero attached hydrogens (tertiary/aromatic N) is 1. The van der Waals surface area contributed by atoms with E-state index in [4.69, 9.17) is 0 Å². The molecule has 1 saturated carbocycles. The van der Waals surface area contributed by atoms with Crippen molar-refractivity contribution in [2.45, 2.75) is 32.7 Å². The molecule has 2 atom stereocenters. The highest BCUT2D eigenvalue weighted by molar-refractivity contribution is 5.92. The van der Waals surface area contributed by atoms with Gasteiger partial charge in [-0.25, -0.2) is 0 Å². The van der Waals surface area contributed by atoms with Crippen molar-refractivity contribution < 1.29 is 9.59 Å². The predicted octanol–water partition coefficient (Wildman–Crippen LogP) is 2.20. The van der Waals surface area contributed by atoms with Crippen LogP contribution in [0, 0.1) is 11.8 Å². The molecule has 2 unspecified atom stereocenters. The molecule has 0 radical (unpaired) electrons. The van der Waals surface area contributed by atoms with Crippen LogP contribution in [0.2, 0.25) is 0 Å². The van der Waals surface area contributed by atoms with Gasteiger partial charge >= 0.3 is 0 Å². The van der Waals surface area contributed by atoms with Gasteiger partial charge in [0.05, 0.1) is 11.8 Å². The first-order valence-corrected chi connectivity index (χ1v) is 7.70. The third kappa shape index (κ3) is 4.31. The lowest BCUT2D eigenvalue weighted by Gasteiger charge is -2.16. The Morgan fingerprint density at radius 3 is 2.62 bits per heavy atom. The molecular formula is C17H24N2O2. The molecule has 1 fully saturated rings. The third-order valence-corrected chi connectivity index (χ3v) is 3.98. The molecule has 1 N–H and O–H groups in total. The second-order valence-electron chi connectivity index (χ2n) is 5.77. The number of rotatable bonds is 7. The molecule has 0 saturated heterocycles. The van der Waals surface area contributed by atoms with Crippen LogP contribution >= 0.6 is 0 Å². The summed E-state index contributed by atoms with van der Waals surface area (Å²) in [5.41, 5.74) is 1.08. The Labute approximate surface area is 126 Å². The summed E-state index contributed by atoms with van der Waals surface area (Å²) in [6.45, 7) is 3.42. The van der Waals surface area contributed by atoms with Crippen LogP contribution in [0.1, 0.15) is 31.7 Å². The molecule has 0 bridgehead atoms. The molecule has 1 aliphatic carbocycles. The summed E-state index contributed by atoms with van der Waals surface area (Å²) in [5, 5.41) is 2.92. The van der Waals surface area contributed by atoms with Gasteiger partial charge in [-0.15, -0.1) is 0 Å². The van der Waals surface area contributed by atoms with Gasteiger partial charge in [-0.05, 0) is 18.4 Å². The summed E-state index contributed by atoms with van der Waals surface area (Å²) in [7, 11) is 1.83. The monoisotopic (exact) mass is 288 g/mol.